The number of ether oxygens (including phenoxy) is 2. The Balaban J connectivity index is 2.33. The van der Waals surface area contributed by atoms with E-state index in [0.717, 1.165) is 11.3 Å². The lowest BCUT2D eigenvalue weighted by atomic mass is 10.1. The van der Waals surface area contributed by atoms with Gasteiger partial charge in [0.1, 0.15) is 0 Å². The van der Waals surface area contributed by atoms with Gasteiger partial charge < -0.3 is 14.5 Å². The average molecular weight is 332 g/mol. The van der Waals surface area contributed by atoms with Crippen LogP contribution in [0.4, 0.5) is 0 Å². The topological polar surface area (TPSA) is 64.2 Å². The number of aromatic nitrogens is 2. The highest BCUT2D eigenvalue weighted by atomic mass is 32.2. The standard InChI is InChI=1S/C17H20N2O3S/c1-5-8-23-17-18-13(11(2)16(20)19-17)9-12-6-7-14(21-3)15(10-12)22-4/h5-7,10H,1,8-9H2,2-4H3,(H,18,19,20). The lowest BCUT2D eigenvalue weighted by molar-refractivity contribution is 0.354. The molecular weight excluding hydrogens is 312 g/mol. The maximum atomic E-state index is 12.1. The molecule has 23 heavy (non-hydrogen) atoms. The molecule has 5 nitrogen and oxygen atoms in total. The molecule has 0 bridgehead atoms. The summed E-state index contributed by atoms with van der Waals surface area (Å²) in [6.07, 6.45) is 2.33. The van der Waals surface area contributed by atoms with Crippen molar-refractivity contribution in [3.05, 3.63) is 58.0 Å². The molecule has 0 unspecified atom stereocenters. The van der Waals surface area contributed by atoms with Gasteiger partial charge in [-0.1, -0.05) is 23.9 Å². The normalized spacial score (nSPS) is 10.4. The van der Waals surface area contributed by atoms with Crippen LogP contribution in [0.3, 0.4) is 0 Å². The second kappa shape index (κ2) is 7.87. The lowest BCUT2D eigenvalue weighted by Gasteiger charge is -2.11. The fourth-order valence-corrected chi connectivity index (χ4v) is 2.73. The van der Waals surface area contributed by atoms with Crippen LogP contribution < -0.4 is 15.0 Å². The number of aromatic amines is 1. The summed E-state index contributed by atoms with van der Waals surface area (Å²) in [5.41, 5.74) is 2.28. The molecule has 0 aliphatic rings. The number of nitrogens with zero attached hydrogens (tertiary/aromatic N) is 1. The molecule has 0 aliphatic carbocycles. The van der Waals surface area contributed by atoms with Gasteiger partial charge in [0.05, 0.1) is 19.9 Å². The minimum atomic E-state index is -0.109. The molecule has 122 valence electrons. The summed E-state index contributed by atoms with van der Waals surface area (Å²) in [6, 6.07) is 5.70. The van der Waals surface area contributed by atoms with Crippen LogP contribution in [-0.4, -0.2) is 29.9 Å². The summed E-state index contributed by atoms with van der Waals surface area (Å²) in [6.45, 7) is 5.46. The summed E-state index contributed by atoms with van der Waals surface area (Å²) in [7, 11) is 3.20. The molecule has 6 heteroatoms. The first-order valence-corrected chi connectivity index (χ1v) is 8.12. The van der Waals surface area contributed by atoms with Crippen LogP contribution >= 0.6 is 11.8 Å². The van der Waals surface area contributed by atoms with Crippen LogP contribution in [0, 0.1) is 6.92 Å². The van der Waals surface area contributed by atoms with Gasteiger partial charge >= 0.3 is 0 Å². The SMILES string of the molecule is C=CCSc1nc(Cc2ccc(OC)c(OC)c2)c(C)c(=O)[nH]1. The maximum absolute atomic E-state index is 12.1. The van der Waals surface area contributed by atoms with Crippen molar-refractivity contribution in [3.63, 3.8) is 0 Å². The van der Waals surface area contributed by atoms with Gasteiger partial charge in [-0.15, -0.1) is 6.58 Å². The summed E-state index contributed by atoms with van der Waals surface area (Å²) < 4.78 is 10.6. The first-order valence-electron chi connectivity index (χ1n) is 7.13. The number of methoxy groups -OCH3 is 2. The van der Waals surface area contributed by atoms with Crippen LogP contribution in [0.2, 0.25) is 0 Å². The third-order valence-corrected chi connectivity index (χ3v) is 4.26. The van der Waals surface area contributed by atoms with Gasteiger partial charge in [0.15, 0.2) is 16.7 Å². The molecule has 1 N–H and O–H groups in total. The van der Waals surface area contributed by atoms with E-state index in [1.54, 1.807) is 27.2 Å². The highest BCUT2D eigenvalue weighted by Crippen LogP contribution is 2.28. The first kappa shape index (κ1) is 17.1. The molecular formula is C17H20N2O3S. The molecule has 0 radical (unpaired) electrons. The highest BCUT2D eigenvalue weighted by molar-refractivity contribution is 7.99. The molecule has 0 atom stereocenters. The fourth-order valence-electron chi connectivity index (χ4n) is 2.12. The van der Waals surface area contributed by atoms with E-state index in [-0.39, 0.29) is 5.56 Å². The van der Waals surface area contributed by atoms with Gasteiger partial charge in [-0.2, -0.15) is 0 Å². The van der Waals surface area contributed by atoms with Crippen molar-refractivity contribution in [1.82, 2.24) is 9.97 Å². The van der Waals surface area contributed by atoms with Crippen molar-refractivity contribution >= 4 is 11.8 Å². The van der Waals surface area contributed by atoms with E-state index < -0.39 is 0 Å². The zero-order valence-corrected chi connectivity index (χ0v) is 14.3. The number of hydrogen-bond donors (Lipinski definition) is 1. The quantitative estimate of drug-likeness (QED) is 0.480. The van der Waals surface area contributed by atoms with E-state index >= 15 is 0 Å². The van der Waals surface area contributed by atoms with E-state index in [1.807, 2.05) is 18.2 Å². The zero-order valence-electron chi connectivity index (χ0n) is 13.5. The number of hydrogen-bond acceptors (Lipinski definition) is 5. The molecule has 0 saturated carbocycles. The number of rotatable bonds is 7. The van der Waals surface area contributed by atoms with E-state index in [1.165, 1.54) is 11.8 Å². The molecule has 1 heterocycles. The molecule has 1 aromatic carbocycles. The Morgan fingerprint density at radius 2 is 2.04 bits per heavy atom. The average Bonchev–Trinajstić information content (AvgIpc) is 2.57. The van der Waals surface area contributed by atoms with Crippen molar-refractivity contribution in [3.8, 4) is 11.5 Å². The van der Waals surface area contributed by atoms with E-state index in [0.29, 0.717) is 34.4 Å². The largest absolute Gasteiger partial charge is 0.493 e. The van der Waals surface area contributed by atoms with Crippen LogP contribution in [0.5, 0.6) is 11.5 Å². The summed E-state index contributed by atoms with van der Waals surface area (Å²) in [5.74, 6) is 2.03. The Morgan fingerprint density at radius 1 is 1.30 bits per heavy atom. The smallest absolute Gasteiger partial charge is 0.254 e. The predicted molar refractivity (Wildman–Crippen MR) is 92.9 cm³/mol. The molecule has 1 aromatic heterocycles. The van der Waals surface area contributed by atoms with Gasteiger partial charge in [-0.25, -0.2) is 4.98 Å². The van der Waals surface area contributed by atoms with Crippen molar-refractivity contribution in [2.24, 2.45) is 0 Å². The number of benzene rings is 1. The number of thioether (sulfide) groups is 1. The highest BCUT2D eigenvalue weighted by Gasteiger charge is 2.11. The molecule has 0 aliphatic heterocycles. The van der Waals surface area contributed by atoms with Crippen molar-refractivity contribution in [1.29, 1.82) is 0 Å². The summed E-state index contributed by atoms with van der Waals surface area (Å²) >= 11 is 1.45. The summed E-state index contributed by atoms with van der Waals surface area (Å²) in [5, 5.41) is 0.607. The molecule has 0 amide bonds. The van der Waals surface area contributed by atoms with E-state index in [2.05, 4.69) is 16.5 Å². The predicted octanol–water partition coefficient (Wildman–Crippen LogP) is 2.96. The van der Waals surface area contributed by atoms with Crippen LogP contribution in [0.1, 0.15) is 16.8 Å². The lowest BCUT2D eigenvalue weighted by Crippen LogP contribution is -2.16. The number of H-pyrrole nitrogens is 1. The molecule has 0 fully saturated rings. The second-order valence-corrected chi connectivity index (χ2v) is 5.92. The van der Waals surface area contributed by atoms with Crippen molar-refractivity contribution in [2.75, 3.05) is 20.0 Å². The molecule has 0 spiro atoms. The zero-order chi connectivity index (χ0) is 16.8. The van der Waals surface area contributed by atoms with Crippen LogP contribution in [0.15, 0.2) is 40.8 Å². The maximum Gasteiger partial charge on any atom is 0.254 e. The van der Waals surface area contributed by atoms with E-state index in [9.17, 15) is 4.79 Å². The van der Waals surface area contributed by atoms with Gasteiger partial charge in [-0.3, -0.25) is 4.79 Å². The third kappa shape index (κ3) is 4.16. The minimum absolute atomic E-state index is 0.109. The van der Waals surface area contributed by atoms with Gasteiger partial charge in [-0.05, 0) is 24.6 Å². The Bertz CT molecular complexity index is 756. The summed E-state index contributed by atoms with van der Waals surface area (Å²) in [4.78, 5) is 19.4. The van der Waals surface area contributed by atoms with E-state index in [4.69, 9.17) is 9.47 Å². The Labute approximate surface area is 139 Å². The molecule has 2 aromatic rings. The van der Waals surface area contributed by atoms with Gasteiger partial charge in [0.2, 0.25) is 0 Å². The molecule has 2 rings (SSSR count). The Kier molecular flexibility index (Phi) is 5.87. The molecule has 0 saturated heterocycles. The van der Waals surface area contributed by atoms with Gasteiger partial charge in [0, 0.05) is 17.7 Å². The minimum Gasteiger partial charge on any atom is -0.493 e. The first-order chi connectivity index (χ1) is 11.1. The van der Waals surface area contributed by atoms with Crippen LogP contribution in [0.25, 0.3) is 0 Å². The number of nitrogens with one attached hydrogen (secondary N) is 1. The Hall–Kier alpha value is -2.21. The second-order valence-electron chi connectivity index (χ2n) is 4.91. The van der Waals surface area contributed by atoms with Crippen LogP contribution in [-0.2, 0) is 6.42 Å². The Morgan fingerprint density at radius 3 is 2.70 bits per heavy atom. The van der Waals surface area contributed by atoms with Crippen molar-refractivity contribution in [2.45, 2.75) is 18.5 Å². The fraction of sp³-hybridized carbons (Fsp3) is 0.294. The monoisotopic (exact) mass is 332 g/mol. The third-order valence-electron chi connectivity index (χ3n) is 3.39. The van der Waals surface area contributed by atoms with Crippen molar-refractivity contribution < 1.29 is 9.47 Å². The van der Waals surface area contributed by atoms with Gasteiger partial charge in [0.25, 0.3) is 5.56 Å².